The number of carbonyl (C=O) groups excluding carboxylic acids is 1. The van der Waals surface area contributed by atoms with Gasteiger partial charge in [0.15, 0.2) is 11.7 Å². The summed E-state index contributed by atoms with van der Waals surface area (Å²) in [5, 5.41) is 3.69. The Morgan fingerprint density at radius 1 is 1.21 bits per heavy atom. The van der Waals surface area contributed by atoms with Crippen LogP contribution in [0.4, 0.5) is 8.78 Å². The monoisotopic (exact) mass is 459 g/mol. The second-order valence-electron chi connectivity index (χ2n) is 8.90. The Morgan fingerprint density at radius 3 is 2.39 bits per heavy atom. The van der Waals surface area contributed by atoms with Crippen LogP contribution in [0.15, 0.2) is 60.2 Å². The second kappa shape index (κ2) is 11.4. The molecule has 5 nitrogen and oxygen atoms in total. The van der Waals surface area contributed by atoms with Crippen molar-refractivity contribution in [2.75, 3.05) is 7.05 Å². The zero-order valence-corrected chi connectivity index (χ0v) is 20.3. The zero-order valence-electron chi connectivity index (χ0n) is 20.3. The Bertz CT molecular complexity index is 1050. The number of aromatic amines is 1. The number of likely N-dealkylation sites (N-methyl/N-ethyl adjacent to an activating group) is 1. The van der Waals surface area contributed by atoms with Crippen molar-refractivity contribution in [2.45, 2.75) is 65.0 Å². The number of hydrogen-bond acceptors (Lipinski definition) is 3. The van der Waals surface area contributed by atoms with Crippen LogP contribution < -0.4 is 10.8 Å². The number of benzene rings is 1. The fraction of sp³-hybridized carbons (Fsp3) is 0.423. The van der Waals surface area contributed by atoms with Gasteiger partial charge in [-0.25, -0.2) is 8.78 Å². The third-order valence-electron chi connectivity index (χ3n) is 5.55. The Morgan fingerprint density at radius 2 is 1.85 bits per heavy atom. The van der Waals surface area contributed by atoms with Crippen LogP contribution in [-0.4, -0.2) is 24.0 Å². The van der Waals surface area contributed by atoms with E-state index in [0.717, 1.165) is 6.08 Å². The number of amides is 1. The number of rotatable bonds is 8. The lowest BCUT2D eigenvalue weighted by atomic mass is 9.93. The lowest BCUT2D eigenvalue weighted by Crippen LogP contribution is -2.25. The first-order valence-electron chi connectivity index (χ1n) is 11.1. The number of hydrogen-bond donors (Lipinski definition) is 3. The maximum absolute atomic E-state index is 12.5. The molecule has 1 aliphatic rings. The van der Waals surface area contributed by atoms with Gasteiger partial charge in [0.25, 0.3) is 0 Å². The van der Waals surface area contributed by atoms with E-state index in [4.69, 9.17) is 4.84 Å². The lowest BCUT2D eigenvalue weighted by Gasteiger charge is -2.19. The number of aromatic nitrogens is 1. The van der Waals surface area contributed by atoms with Gasteiger partial charge >= 0.3 is 0 Å². The summed E-state index contributed by atoms with van der Waals surface area (Å²) in [6, 6.07) is 8.89. The quantitative estimate of drug-likeness (QED) is 0.249. The van der Waals surface area contributed by atoms with Crippen molar-refractivity contribution in [3.05, 3.63) is 71.5 Å². The molecule has 1 unspecified atom stereocenters. The van der Waals surface area contributed by atoms with E-state index in [1.807, 2.05) is 0 Å². The fourth-order valence-electron chi connectivity index (χ4n) is 3.41. The van der Waals surface area contributed by atoms with E-state index >= 15 is 0 Å². The Labute approximate surface area is 194 Å². The average Bonchev–Trinajstić information content (AvgIpc) is 3.40. The Balaban J connectivity index is 0.000000260. The van der Waals surface area contributed by atoms with Crippen molar-refractivity contribution in [1.82, 2.24) is 15.8 Å². The normalized spacial score (nSPS) is 16.3. The molecule has 180 valence electrons. The maximum Gasteiger partial charge on any atom is 0.246 e. The van der Waals surface area contributed by atoms with Crippen molar-refractivity contribution < 1.29 is 18.4 Å². The van der Waals surface area contributed by atoms with E-state index < -0.39 is 11.7 Å². The van der Waals surface area contributed by atoms with Crippen LogP contribution in [0.1, 0.15) is 64.8 Å². The van der Waals surface area contributed by atoms with Crippen LogP contribution in [0.25, 0.3) is 10.9 Å². The lowest BCUT2D eigenvalue weighted by molar-refractivity contribution is -0.116. The SMILES string of the molecule is C=C(F)/C(F)=C\C=C(/C)C(=O)NC.CC(C)NOC(C)c1[nH]c2ccccc2c1C1(C)CC1. The van der Waals surface area contributed by atoms with Crippen molar-refractivity contribution in [2.24, 2.45) is 0 Å². The van der Waals surface area contributed by atoms with Gasteiger partial charge in [-0.3, -0.25) is 9.63 Å². The molecule has 1 atom stereocenters. The number of carbonyl (C=O) groups is 1. The predicted octanol–water partition coefficient (Wildman–Crippen LogP) is 6.23. The Hall–Kier alpha value is -2.77. The number of fused-ring (bicyclic) bond motifs is 1. The summed E-state index contributed by atoms with van der Waals surface area (Å²) < 4.78 is 24.5. The van der Waals surface area contributed by atoms with Gasteiger partial charge in [-0.2, -0.15) is 5.48 Å². The molecule has 0 radical (unpaired) electrons. The van der Waals surface area contributed by atoms with Crippen LogP contribution in [0, 0.1) is 0 Å². The molecule has 0 saturated heterocycles. The summed E-state index contributed by atoms with van der Waals surface area (Å²) in [5.74, 6) is -2.57. The van der Waals surface area contributed by atoms with Crippen LogP contribution >= 0.6 is 0 Å². The highest BCUT2D eigenvalue weighted by atomic mass is 19.2. The van der Waals surface area contributed by atoms with Gasteiger partial charge < -0.3 is 10.3 Å². The molecule has 0 spiro atoms. The smallest absolute Gasteiger partial charge is 0.246 e. The van der Waals surface area contributed by atoms with Gasteiger partial charge in [0.1, 0.15) is 6.10 Å². The highest BCUT2D eigenvalue weighted by Crippen LogP contribution is 2.52. The highest BCUT2D eigenvalue weighted by Gasteiger charge is 2.43. The van der Waals surface area contributed by atoms with Crippen molar-refractivity contribution in [1.29, 1.82) is 0 Å². The number of hydroxylamine groups is 1. The third-order valence-corrected chi connectivity index (χ3v) is 5.55. The van der Waals surface area contributed by atoms with Gasteiger partial charge in [0.2, 0.25) is 5.91 Å². The number of allylic oxidation sites excluding steroid dienone is 4. The van der Waals surface area contributed by atoms with E-state index in [1.54, 1.807) is 0 Å². The number of nitrogens with one attached hydrogen (secondary N) is 3. The van der Waals surface area contributed by atoms with E-state index in [-0.39, 0.29) is 12.0 Å². The average molecular weight is 460 g/mol. The molecule has 3 N–H and O–H groups in total. The van der Waals surface area contributed by atoms with Gasteiger partial charge in [0, 0.05) is 29.6 Å². The van der Waals surface area contributed by atoms with Gasteiger partial charge in [0.05, 0.1) is 5.69 Å². The first-order chi connectivity index (χ1) is 15.5. The molecular formula is C26H35F2N3O2. The first kappa shape index (κ1) is 26.5. The summed E-state index contributed by atoms with van der Waals surface area (Å²) in [6.45, 7) is 12.9. The summed E-state index contributed by atoms with van der Waals surface area (Å²) in [4.78, 5) is 20.2. The minimum atomic E-state index is -1.15. The van der Waals surface area contributed by atoms with Crippen molar-refractivity contribution >= 4 is 16.8 Å². The molecule has 2 aromatic rings. The molecule has 1 heterocycles. The molecule has 1 aliphatic carbocycles. The van der Waals surface area contributed by atoms with E-state index in [9.17, 15) is 13.6 Å². The molecule has 7 heteroatoms. The van der Waals surface area contributed by atoms with E-state index in [0.29, 0.717) is 17.0 Å². The van der Waals surface area contributed by atoms with Gasteiger partial charge in [-0.05, 0) is 63.7 Å². The summed E-state index contributed by atoms with van der Waals surface area (Å²) in [7, 11) is 1.45. The van der Waals surface area contributed by atoms with Crippen molar-refractivity contribution in [3.63, 3.8) is 0 Å². The summed E-state index contributed by atoms with van der Waals surface area (Å²) in [5.41, 5.74) is 7.57. The molecular weight excluding hydrogens is 424 g/mol. The second-order valence-corrected chi connectivity index (χ2v) is 8.90. The fourth-order valence-corrected chi connectivity index (χ4v) is 3.41. The van der Waals surface area contributed by atoms with Gasteiger partial charge in [-0.1, -0.05) is 37.8 Å². The molecule has 1 fully saturated rings. The number of para-hydroxylation sites is 1. The van der Waals surface area contributed by atoms with Crippen molar-refractivity contribution in [3.8, 4) is 0 Å². The number of halogens is 2. The standard InChI is InChI=1S/C17H24N2O.C9H11F2NO/c1-11(2)19-20-12(3)16-15(17(4)9-10-17)13-7-5-6-8-14(13)18-16;1-6(9(13)12-3)4-5-8(11)7(2)10/h5-8,11-12,18-19H,9-10H2,1-4H3;4-5H,2H2,1,3H3,(H,12,13)/b;6-4+,8-5+. The third kappa shape index (κ3) is 7.11. The Kier molecular flexibility index (Phi) is 9.14. The summed E-state index contributed by atoms with van der Waals surface area (Å²) in [6.07, 6.45) is 4.60. The molecule has 33 heavy (non-hydrogen) atoms. The summed E-state index contributed by atoms with van der Waals surface area (Å²) >= 11 is 0. The number of H-pyrrole nitrogens is 1. The zero-order chi connectivity index (χ0) is 24.8. The van der Waals surface area contributed by atoms with Crippen LogP contribution in [0.3, 0.4) is 0 Å². The molecule has 1 aromatic carbocycles. The van der Waals surface area contributed by atoms with E-state index in [2.05, 4.69) is 74.3 Å². The molecule has 1 aromatic heterocycles. The minimum Gasteiger partial charge on any atom is -0.356 e. The molecule has 3 rings (SSSR count). The highest BCUT2D eigenvalue weighted by molar-refractivity contribution is 5.92. The first-order valence-corrected chi connectivity index (χ1v) is 11.1. The van der Waals surface area contributed by atoms with E-state index in [1.165, 1.54) is 55.0 Å². The minimum absolute atomic E-state index is 0.0252. The van der Waals surface area contributed by atoms with Crippen LogP contribution in [-0.2, 0) is 15.0 Å². The molecule has 1 amide bonds. The van der Waals surface area contributed by atoms with Crippen LogP contribution in [0.2, 0.25) is 0 Å². The molecule has 1 saturated carbocycles. The predicted molar refractivity (Wildman–Crippen MR) is 130 cm³/mol. The largest absolute Gasteiger partial charge is 0.356 e. The topological polar surface area (TPSA) is 66.2 Å². The maximum atomic E-state index is 12.5. The van der Waals surface area contributed by atoms with Gasteiger partial charge in [-0.15, -0.1) is 0 Å². The molecule has 0 bridgehead atoms. The van der Waals surface area contributed by atoms with Crippen LogP contribution in [0.5, 0.6) is 0 Å². The molecule has 0 aliphatic heterocycles.